The molecular formula is C26H27ClN8O4. The van der Waals surface area contributed by atoms with E-state index in [4.69, 9.17) is 11.6 Å². The van der Waals surface area contributed by atoms with Gasteiger partial charge in [0.25, 0.3) is 0 Å². The monoisotopic (exact) mass is 550 g/mol. The smallest absolute Gasteiger partial charge is 0.411 e. The van der Waals surface area contributed by atoms with Crippen LogP contribution in [0.2, 0.25) is 5.02 Å². The highest BCUT2D eigenvalue weighted by molar-refractivity contribution is 6.30. The van der Waals surface area contributed by atoms with Gasteiger partial charge >= 0.3 is 6.09 Å². The molecule has 0 saturated heterocycles. The highest BCUT2D eigenvalue weighted by atomic mass is 35.5. The first kappa shape index (κ1) is 26.4. The molecule has 202 valence electrons. The Balaban J connectivity index is 1.39. The molecule has 0 radical (unpaired) electrons. The second kappa shape index (κ2) is 11.6. The topological polar surface area (TPSA) is 159 Å². The number of methoxy groups -OCH3 is 1. The normalized spacial score (nSPS) is 16.3. The van der Waals surface area contributed by atoms with Gasteiger partial charge in [-0.05, 0) is 49.2 Å². The Hall–Kier alpha value is -4.26. The molecule has 0 fully saturated rings. The van der Waals surface area contributed by atoms with E-state index in [0.717, 1.165) is 5.69 Å². The van der Waals surface area contributed by atoms with Crippen molar-refractivity contribution in [2.75, 3.05) is 17.7 Å². The maximum absolute atomic E-state index is 12.7. The zero-order chi connectivity index (χ0) is 27.4. The maximum atomic E-state index is 12.7. The Kier molecular flexibility index (Phi) is 7.87. The van der Waals surface area contributed by atoms with Gasteiger partial charge in [-0.2, -0.15) is 0 Å². The molecule has 0 saturated carbocycles. The molecule has 1 aliphatic heterocycles. The average molecular weight is 551 g/mol. The van der Waals surface area contributed by atoms with Crippen molar-refractivity contribution in [2.24, 2.45) is 0 Å². The van der Waals surface area contributed by atoms with Crippen LogP contribution < -0.4 is 16.0 Å². The number of amides is 2. The number of anilines is 2. The molecule has 39 heavy (non-hydrogen) atoms. The molecule has 4 aromatic rings. The Bertz CT molecular complexity index is 1490. The number of H-pyrrole nitrogens is 1. The van der Waals surface area contributed by atoms with Crippen LogP contribution in [0.1, 0.15) is 49.5 Å². The predicted octanol–water partition coefficient (Wildman–Crippen LogP) is 4.32. The van der Waals surface area contributed by atoms with Crippen LogP contribution in [0.25, 0.3) is 16.9 Å². The van der Waals surface area contributed by atoms with Crippen LogP contribution in [0, 0.1) is 0 Å². The minimum absolute atomic E-state index is 0.144. The molecule has 5 rings (SSSR count). The molecule has 2 aromatic heterocycles. The van der Waals surface area contributed by atoms with Gasteiger partial charge in [-0.1, -0.05) is 29.3 Å². The van der Waals surface area contributed by atoms with E-state index < -0.39 is 12.3 Å². The first-order chi connectivity index (χ1) is 18.9. The maximum Gasteiger partial charge on any atom is 0.411 e. The van der Waals surface area contributed by atoms with Gasteiger partial charge < -0.3 is 20.1 Å². The summed E-state index contributed by atoms with van der Waals surface area (Å²) in [5, 5.41) is 28.5. The largest absolute Gasteiger partial charge is 0.453 e. The van der Waals surface area contributed by atoms with Crippen molar-refractivity contribution in [1.82, 2.24) is 30.3 Å². The molecule has 2 unspecified atom stereocenters. The standard InChI is InChI=1S/C26H27ClN8O4/c1-39-26(38)29-16-9-10-18-20(12-16)30-23(36)8-3-2-7-19(24-28-13-21(18)31-24)32-25(37)22-14-35(34-33-22)17-6-4-5-15(27)11-17/h4-6,9-14,19,25,32,37H,2-3,7-8H2,1H3,(H,28,31)(H,29,38)(H,30,36). The molecule has 1 aliphatic rings. The number of imidazole rings is 1. The lowest BCUT2D eigenvalue weighted by Crippen LogP contribution is -2.27. The lowest BCUT2D eigenvalue weighted by molar-refractivity contribution is -0.116. The zero-order valence-corrected chi connectivity index (χ0v) is 21.8. The number of benzene rings is 2. The molecular weight excluding hydrogens is 524 g/mol. The van der Waals surface area contributed by atoms with Crippen LogP contribution >= 0.6 is 11.6 Å². The predicted molar refractivity (Wildman–Crippen MR) is 144 cm³/mol. The molecule has 2 aromatic carbocycles. The number of carbonyl (C=O) groups excluding carboxylic acids is 2. The summed E-state index contributed by atoms with van der Waals surface area (Å²) in [6.45, 7) is 0. The molecule has 5 N–H and O–H groups in total. The first-order valence-electron chi connectivity index (χ1n) is 12.4. The van der Waals surface area contributed by atoms with Crippen LogP contribution in [0.15, 0.2) is 54.9 Å². The van der Waals surface area contributed by atoms with Crippen molar-refractivity contribution in [3.8, 4) is 16.9 Å². The van der Waals surface area contributed by atoms with E-state index in [9.17, 15) is 14.7 Å². The molecule has 3 heterocycles. The summed E-state index contributed by atoms with van der Waals surface area (Å²) in [6.07, 6.45) is 3.85. The van der Waals surface area contributed by atoms with Gasteiger partial charge in [0.2, 0.25) is 5.91 Å². The molecule has 0 spiro atoms. The molecule has 13 heteroatoms. The second-order valence-corrected chi connectivity index (χ2v) is 9.48. The van der Waals surface area contributed by atoms with Crippen molar-refractivity contribution >= 4 is 35.0 Å². The van der Waals surface area contributed by atoms with Crippen molar-refractivity contribution in [1.29, 1.82) is 0 Å². The van der Waals surface area contributed by atoms with Crippen LogP contribution in [0.5, 0.6) is 0 Å². The van der Waals surface area contributed by atoms with E-state index in [1.807, 2.05) is 12.1 Å². The number of rotatable bonds is 5. The minimum atomic E-state index is -1.12. The molecule has 2 atom stereocenters. The fourth-order valence-corrected chi connectivity index (χ4v) is 4.53. The number of aromatic amines is 1. The number of aliphatic hydroxyl groups is 1. The minimum Gasteiger partial charge on any atom is -0.453 e. The lowest BCUT2D eigenvalue weighted by Gasteiger charge is -2.20. The third-order valence-corrected chi connectivity index (χ3v) is 6.55. The number of ether oxygens (including phenoxy) is 1. The van der Waals surface area contributed by atoms with Crippen LogP contribution in [-0.2, 0) is 9.53 Å². The molecule has 2 bridgehead atoms. The summed E-state index contributed by atoms with van der Waals surface area (Å²) in [7, 11) is 1.28. The quantitative estimate of drug-likeness (QED) is 0.230. The number of fused-ring (bicyclic) bond motifs is 4. The van der Waals surface area contributed by atoms with Gasteiger partial charge in [0, 0.05) is 22.7 Å². The molecule has 0 aliphatic carbocycles. The van der Waals surface area contributed by atoms with Crippen molar-refractivity contribution < 1.29 is 19.4 Å². The number of nitrogens with zero attached hydrogens (tertiary/aromatic N) is 4. The van der Waals surface area contributed by atoms with Gasteiger partial charge in [0.1, 0.15) is 11.5 Å². The van der Waals surface area contributed by atoms with E-state index in [-0.39, 0.29) is 11.9 Å². The summed E-state index contributed by atoms with van der Waals surface area (Å²) in [5.74, 6) is 0.481. The number of aliphatic hydroxyl groups excluding tert-OH is 1. The van der Waals surface area contributed by atoms with E-state index in [0.29, 0.717) is 64.9 Å². The second-order valence-electron chi connectivity index (χ2n) is 9.04. The summed E-state index contributed by atoms with van der Waals surface area (Å²) in [4.78, 5) is 32.2. The number of hydrogen-bond donors (Lipinski definition) is 5. The van der Waals surface area contributed by atoms with E-state index in [1.54, 1.807) is 42.7 Å². The summed E-state index contributed by atoms with van der Waals surface area (Å²) in [6, 6.07) is 12.0. The Morgan fingerprint density at radius 1 is 1.26 bits per heavy atom. The Morgan fingerprint density at radius 2 is 2.13 bits per heavy atom. The highest BCUT2D eigenvalue weighted by Crippen LogP contribution is 2.32. The van der Waals surface area contributed by atoms with E-state index in [2.05, 4.69) is 41.0 Å². The third kappa shape index (κ3) is 6.25. The van der Waals surface area contributed by atoms with Gasteiger partial charge in [-0.25, -0.2) is 14.5 Å². The summed E-state index contributed by atoms with van der Waals surface area (Å²) >= 11 is 6.08. The zero-order valence-electron chi connectivity index (χ0n) is 21.0. The lowest BCUT2D eigenvalue weighted by atomic mass is 10.1. The van der Waals surface area contributed by atoms with Gasteiger partial charge in [-0.15, -0.1) is 5.10 Å². The van der Waals surface area contributed by atoms with Crippen LogP contribution in [0.4, 0.5) is 16.2 Å². The number of aromatic nitrogens is 5. The summed E-state index contributed by atoms with van der Waals surface area (Å²) < 4.78 is 6.20. The highest BCUT2D eigenvalue weighted by Gasteiger charge is 2.23. The van der Waals surface area contributed by atoms with Gasteiger partial charge in [0.15, 0.2) is 6.23 Å². The van der Waals surface area contributed by atoms with Crippen LogP contribution in [-0.4, -0.2) is 49.2 Å². The van der Waals surface area contributed by atoms with E-state index in [1.165, 1.54) is 11.8 Å². The number of halogens is 1. The fourth-order valence-electron chi connectivity index (χ4n) is 4.35. The van der Waals surface area contributed by atoms with Crippen molar-refractivity contribution in [3.63, 3.8) is 0 Å². The van der Waals surface area contributed by atoms with Crippen molar-refractivity contribution in [3.05, 3.63) is 71.4 Å². The van der Waals surface area contributed by atoms with Gasteiger partial charge in [-0.3, -0.25) is 15.4 Å². The SMILES string of the molecule is COC(=O)Nc1ccc2c(c1)NC(=O)CCCCC(NC(O)c1cn(-c3cccc(Cl)c3)nn1)c1ncc-2[nH]1. The molecule has 12 nitrogen and oxygen atoms in total. The third-order valence-electron chi connectivity index (χ3n) is 6.31. The number of nitrogens with one attached hydrogen (secondary N) is 4. The Morgan fingerprint density at radius 3 is 2.95 bits per heavy atom. The first-order valence-corrected chi connectivity index (χ1v) is 12.7. The van der Waals surface area contributed by atoms with Gasteiger partial charge in [0.05, 0.1) is 42.6 Å². The Labute approximate surface area is 228 Å². The molecule has 2 amide bonds. The van der Waals surface area contributed by atoms with E-state index >= 15 is 0 Å². The summed E-state index contributed by atoms with van der Waals surface area (Å²) in [5.41, 5.74) is 3.41. The van der Waals surface area contributed by atoms with Crippen LogP contribution in [0.3, 0.4) is 0 Å². The fraction of sp³-hybridized carbons (Fsp3) is 0.269. The number of carbonyl (C=O) groups is 2. The van der Waals surface area contributed by atoms with Crippen molar-refractivity contribution in [2.45, 2.75) is 38.0 Å². The average Bonchev–Trinajstić information content (AvgIpc) is 3.61. The number of hydrogen-bond acceptors (Lipinski definition) is 8.